The van der Waals surface area contributed by atoms with E-state index in [9.17, 15) is 14.7 Å². The van der Waals surface area contributed by atoms with Gasteiger partial charge in [0.1, 0.15) is 0 Å². The van der Waals surface area contributed by atoms with Crippen LogP contribution in [0.15, 0.2) is 30.3 Å². The second-order valence-corrected chi connectivity index (χ2v) is 8.32. The molecule has 1 heterocycles. The number of hydrogen-bond acceptors (Lipinski definition) is 3. The summed E-state index contributed by atoms with van der Waals surface area (Å²) in [5.41, 5.74) is -0.405. The molecule has 1 aliphatic carbocycles. The Morgan fingerprint density at radius 3 is 2.33 bits per heavy atom. The highest BCUT2D eigenvalue weighted by molar-refractivity contribution is 5.79. The number of piperidine rings is 1. The predicted octanol–water partition coefficient (Wildman–Crippen LogP) is 2.97. The van der Waals surface area contributed by atoms with Crippen molar-refractivity contribution in [2.45, 2.75) is 69.9 Å². The van der Waals surface area contributed by atoms with Crippen molar-refractivity contribution < 1.29 is 14.7 Å². The Labute approximate surface area is 162 Å². The van der Waals surface area contributed by atoms with Gasteiger partial charge in [-0.05, 0) is 38.2 Å². The third kappa shape index (κ3) is 5.32. The van der Waals surface area contributed by atoms with E-state index in [0.717, 1.165) is 44.1 Å². The predicted molar refractivity (Wildman–Crippen MR) is 105 cm³/mol. The maximum absolute atomic E-state index is 12.6. The molecule has 5 heteroatoms. The standard InChI is InChI=1S/C22H32N2O3/c1-22(27,18-10-6-3-7-11-18)16-20(25)24-14-12-19(13-15-24)23-21(26)17-8-4-2-5-9-17/h3,6-7,10-11,17,19,27H,2,4-5,8-9,12-16H2,1H3,(H,23,26). The van der Waals surface area contributed by atoms with Gasteiger partial charge in [0.05, 0.1) is 12.0 Å². The highest BCUT2D eigenvalue weighted by Gasteiger charge is 2.31. The van der Waals surface area contributed by atoms with E-state index < -0.39 is 5.60 Å². The number of nitrogens with zero attached hydrogens (tertiary/aromatic N) is 1. The summed E-state index contributed by atoms with van der Waals surface area (Å²) in [6, 6.07) is 9.50. The quantitative estimate of drug-likeness (QED) is 0.835. The van der Waals surface area contributed by atoms with E-state index in [4.69, 9.17) is 0 Å². The highest BCUT2D eigenvalue weighted by Crippen LogP contribution is 2.27. The van der Waals surface area contributed by atoms with Crippen LogP contribution in [-0.4, -0.2) is 41.0 Å². The number of benzene rings is 1. The third-order valence-corrected chi connectivity index (χ3v) is 6.06. The molecule has 1 saturated heterocycles. The Balaban J connectivity index is 1.45. The van der Waals surface area contributed by atoms with Gasteiger partial charge >= 0.3 is 0 Å². The van der Waals surface area contributed by atoms with Gasteiger partial charge < -0.3 is 15.3 Å². The first kappa shape index (κ1) is 19.9. The molecule has 2 fully saturated rings. The van der Waals surface area contributed by atoms with Gasteiger partial charge in [-0.15, -0.1) is 0 Å². The summed E-state index contributed by atoms with van der Waals surface area (Å²) < 4.78 is 0. The zero-order chi connectivity index (χ0) is 19.3. The molecule has 2 N–H and O–H groups in total. The molecule has 0 bridgehead atoms. The van der Waals surface area contributed by atoms with E-state index in [-0.39, 0.29) is 30.2 Å². The summed E-state index contributed by atoms with van der Waals surface area (Å²) in [4.78, 5) is 26.9. The van der Waals surface area contributed by atoms with E-state index in [0.29, 0.717) is 13.1 Å². The first-order valence-electron chi connectivity index (χ1n) is 10.3. The maximum Gasteiger partial charge on any atom is 0.225 e. The lowest BCUT2D eigenvalue weighted by molar-refractivity contribution is -0.137. The van der Waals surface area contributed by atoms with E-state index in [1.807, 2.05) is 35.2 Å². The van der Waals surface area contributed by atoms with Crippen molar-refractivity contribution in [1.82, 2.24) is 10.2 Å². The van der Waals surface area contributed by atoms with Gasteiger partial charge in [-0.1, -0.05) is 49.6 Å². The second kappa shape index (κ2) is 8.87. The van der Waals surface area contributed by atoms with Gasteiger partial charge in [0.25, 0.3) is 0 Å². The topological polar surface area (TPSA) is 69.6 Å². The first-order valence-corrected chi connectivity index (χ1v) is 10.3. The molecule has 1 unspecified atom stereocenters. The van der Waals surface area contributed by atoms with Crippen molar-refractivity contribution in [1.29, 1.82) is 0 Å². The van der Waals surface area contributed by atoms with Crippen LogP contribution in [-0.2, 0) is 15.2 Å². The smallest absolute Gasteiger partial charge is 0.225 e. The van der Waals surface area contributed by atoms with Crippen molar-refractivity contribution in [3.63, 3.8) is 0 Å². The molecule has 1 aromatic rings. The number of nitrogens with one attached hydrogen (secondary N) is 1. The number of likely N-dealkylation sites (tertiary alicyclic amines) is 1. The second-order valence-electron chi connectivity index (χ2n) is 8.32. The van der Waals surface area contributed by atoms with Crippen LogP contribution in [0.25, 0.3) is 0 Å². The molecule has 1 atom stereocenters. The van der Waals surface area contributed by atoms with Crippen molar-refractivity contribution in [2.75, 3.05) is 13.1 Å². The van der Waals surface area contributed by atoms with Crippen molar-refractivity contribution in [3.8, 4) is 0 Å². The van der Waals surface area contributed by atoms with Crippen molar-refractivity contribution in [3.05, 3.63) is 35.9 Å². The lowest BCUT2D eigenvalue weighted by atomic mass is 9.88. The Hall–Kier alpha value is -1.88. The fourth-order valence-electron chi connectivity index (χ4n) is 4.26. The summed E-state index contributed by atoms with van der Waals surface area (Å²) in [5.74, 6) is 0.353. The average molecular weight is 373 g/mol. The molecule has 148 valence electrons. The summed E-state index contributed by atoms with van der Waals surface area (Å²) in [6.45, 7) is 2.97. The van der Waals surface area contributed by atoms with Crippen LogP contribution in [0.3, 0.4) is 0 Å². The Morgan fingerprint density at radius 1 is 1.07 bits per heavy atom. The maximum atomic E-state index is 12.6. The normalized spacial score (nSPS) is 21.5. The zero-order valence-electron chi connectivity index (χ0n) is 16.3. The van der Waals surface area contributed by atoms with Crippen LogP contribution in [0.2, 0.25) is 0 Å². The molecule has 1 aliphatic heterocycles. The monoisotopic (exact) mass is 372 g/mol. The molecule has 0 spiro atoms. The van der Waals surface area contributed by atoms with Crippen LogP contribution in [0.1, 0.15) is 63.9 Å². The molecular formula is C22H32N2O3. The van der Waals surface area contributed by atoms with E-state index in [2.05, 4.69) is 5.32 Å². The molecule has 2 amide bonds. The fraction of sp³-hybridized carbons (Fsp3) is 0.636. The minimum Gasteiger partial charge on any atom is -0.385 e. The largest absolute Gasteiger partial charge is 0.385 e. The fourth-order valence-corrected chi connectivity index (χ4v) is 4.26. The highest BCUT2D eigenvalue weighted by atomic mass is 16.3. The number of aliphatic hydroxyl groups is 1. The Bertz CT molecular complexity index is 630. The van der Waals surface area contributed by atoms with Gasteiger partial charge in [0, 0.05) is 25.0 Å². The van der Waals surface area contributed by atoms with E-state index in [1.165, 1.54) is 6.42 Å². The molecule has 3 rings (SSSR count). The van der Waals surface area contributed by atoms with Gasteiger partial charge in [0.15, 0.2) is 0 Å². The number of carbonyl (C=O) groups is 2. The number of rotatable bonds is 5. The van der Waals surface area contributed by atoms with Crippen molar-refractivity contribution in [2.24, 2.45) is 5.92 Å². The first-order chi connectivity index (χ1) is 13.0. The van der Waals surface area contributed by atoms with Gasteiger partial charge in [-0.2, -0.15) is 0 Å². The molecule has 0 aromatic heterocycles. The summed E-state index contributed by atoms with van der Waals surface area (Å²) in [5, 5.41) is 13.9. The van der Waals surface area contributed by atoms with Crippen molar-refractivity contribution >= 4 is 11.8 Å². The molecule has 1 aromatic carbocycles. The average Bonchev–Trinajstić information content (AvgIpc) is 2.69. The summed E-state index contributed by atoms with van der Waals surface area (Å²) in [6.07, 6.45) is 7.25. The number of hydrogen-bond donors (Lipinski definition) is 2. The molecule has 27 heavy (non-hydrogen) atoms. The zero-order valence-corrected chi connectivity index (χ0v) is 16.3. The molecule has 0 radical (unpaired) electrons. The molecule has 2 aliphatic rings. The van der Waals surface area contributed by atoms with Crippen LogP contribution < -0.4 is 5.32 Å². The minimum atomic E-state index is -1.16. The SMILES string of the molecule is CC(O)(CC(=O)N1CCC(NC(=O)C2CCCCC2)CC1)c1ccccc1. The Morgan fingerprint density at radius 2 is 1.70 bits per heavy atom. The Kier molecular flexibility index (Phi) is 6.53. The van der Waals surface area contributed by atoms with E-state index in [1.54, 1.807) is 6.92 Å². The summed E-state index contributed by atoms with van der Waals surface area (Å²) in [7, 11) is 0. The van der Waals surface area contributed by atoms with E-state index >= 15 is 0 Å². The number of carbonyl (C=O) groups excluding carboxylic acids is 2. The lowest BCUT2D eigenvalue weighted by Gasteiger charge is -2.35. The van der Waals surface area contributed by atoms with Gasteiger partial charge in [0.2, 0.25) is 11.8 Å². The minimum absolute atomic E-state index is 0.0269. The summed E-state index contributed by atoms with van der Waals surface area (Å²) >= 11 is 0. The third-order valence-electron chi connectivity index (χ3n) is 6.06. The molecule has 5 nitrogen and oxygen atoms in total. The van der Waals surface area contributed by atoms with Crippen LogP contribution >= 0.6 is 0 Å². The van der Waals surface area contributed by atoms with Gasteiger partial charge in [-0.3, -0.25) is 9.59 Å². The van der Waals surface area contributed by atoms with Crippen LogP contribution in [0.5, 0.6) is 0 Å². The van der Waals surface area contributed by atoms with Crippen LogP contribution in [0, 0.1) is 5.92 Å². The van der Waals surface area contributed by atoms with Gasteiger partial charge in [-0.25, -0.2) is 0 Å². The van der Waals surface area contributed by atoms with Crippen LogP contribution in [0.4, 0.5) is 0 Å². The molecule has 1 saturated carbocycles. The number of amides is 2. The molecular weight excluding hydrogens is 340 g/mol. The lowest BCUT2D eigenvalue weighted by Crippen LogP contribution is -2.48.